The molecule has 0 amide bonds. The SMILES string of the molecule is Cc1cccc(S(=O)(=O)C2CC(C)(C)CCC2N)c1. The van der Waals surface area contributed by atoms with Crippen LogP contribution in [-0.2, 0) is 9.84 Å². The Hall–Kier alpha value is -0.870. The van der Waals surface area contributed by atoms with Crippen LogP contribution < -0.4 is 5.73 Å². The van der Waals surface area contributed by atoms with E-state index in [1.54, 1.807) is 18.2 Å². The molecule has 1 saturated carbocycles. The van der Waals surface area contributed by atoms with E-state index in [1.165, 1.54) is 0 Å². The van der Waals surface area contributed by atoms with Gasteiger partial charge < -0.3 is 5.73 Å². The van der Waals surface area contributed by atoms with Gasteiger partial charge in [0.15, 0.2) is 9.84 Å². The first-order chi connectivity index (χ1) is 8.72. The van der Waals surface area contributed by atoms with E-state index >= 15 is 0 Å². The van der Waals surface area contributed by atoms with Gasteiger partial charge >= 0.3 is 0 Å². The van der Waals surface area contributed by atoms with E-state index in [-0.39, 0.29) is 11.5 Å². The molecule has 2 N–H and O–H groups in total. The molecule has 1 aromatic carbocycles. The summed E-state index contributed by atoms with van der Waals surface area (Å²) >= 11 is 0. The van der Waals surface area contributed by atoms with Crippen molar-refractivity contribution in [1.29, 1.82) is 0 Å². The normalized spacial score (nSPS) is 27.2. The summed E-state index contributed by atoms with van der Waals surface area (Å²) in [6.45, 7) is 6.15. The van der Waals surface area contributed by atoms with Crippen LogP contribution in [0.15, 0.2) is 29.2 Å². The van der Waals surface area contributed by atoms with Crippen LogP contribution in [0.4, 0.5) is 0 Å². The van der Waals surface area contributed by atoms with Crippen molar-refractivity contribution in [3.63, 3.8) is 0 Å². The predicted octanol–water partition coefficient (Wildman–Crippen LogP) is 2.67. The highest BCUT2D eigenvalue weighted by Crippen LogP contribution is 2.39. The smallest absolute Gasteiger partial charge is 0.182 e. The maximum atomic E-state index is 12.8. The van der Waals surface area contributed by atoms with Crippen LogP contribution in [0.1, 0.15) is 38.7 Å². The highest BCUT2D eigenvalue weighted by Gasteiger charge is 2.41. The molecule has 2 rings (SSSR count). The molecule has 0 radical (unpaired) electrons. The van der Waals surface area contributed by atoms with Gasteiger partial charge in [0.25, 0.3) is 0 Å². The van der Waals surface area contributed by atoms with E-state index in [0.717, 1.165) is 18.4 Å². The fraction of sp³-hybridized carbons (Fsp3) is 0.600. The molecular weight excluding hydrogens is 258 g/mol. The molecule has 0 bridgehead atoms. The second kappa shape index (κ2) is 4.91. The Morgan fingerprint density at radius 1 is 1.32 bits per heavy atom. The van der Waals surface area contributed by atoms with Crippen molar-refractivity contribution in [1.82, 2.24) is 0 Å². The zero-order valence-electron chi connectivity index (χ0n) is 11.9. The molecule has 19 heavy (non-hydrogen) atoms. The number of hydrogen-bond donors (Lipinski definition) is 1. The highest BCUT2D eigenvalue weighted by molar-refractivity contribution is 7.92. The summed E-state index contributed by atoms with van der Waals surface area (Å²) in [5.74, 6) is 0. The van der Waals surface area contributed by atoms with E-state index in [2.05, 4.69) is 13.8 Å². The third-order valence-electron chi connectivity index (χ3n) is 4.10. The molecule has 1 aliphatic rings. The Labute approximate surface area is 116 Å². The molecule has 3 nitrogen and oxygen atoms in total. The van der Waals surface area contributed by atoms with Crippen molar-refractivity contribution in [2.45, 2.75) is 56.2 Å². The number of nitrogens with two attached hydrogens (primary N) is 1. The second-order valence-electron chi connectivity index (χ2n) is 6.47. The summed E-state index contributed by atoms with van der Waals surface area (Å²) in [6, 6.07) is 6.87. The number of aryl methyl sites for hydroxylation is 1. The van der Waals surface area contributed by atoms with Gasteiger partial charge in [0.2, 0.25) is 0 Å². The van der Waals surface area contributed by atoms with Crippen LogP contribution in [0.5, 0.6) is 0 Å². The fourth-order valence-electron chi connectivity index (χ4n) is 2.85. The van der Waals surface area contributed by atoms with Gasteiger partial charge in [0.1, 0.15) is 0 Å². The molecule has 0 aliphatic heterocycles. The van der Waals surface area contributed by atoms with Crippen LogP contribution in [-0.4, -0.2) is 19.7 Å². The van der Waals surface area contributed by atoms with E-state index in [1.807, 2.05) is 13.0 Å². The molecular formula is C15H23NO2S. The highest BCUT2D eigenvalue weighted by atomic mass is 32.2. The first-order valence-corrected chi connectivity index (χ1v) is 8.33. The first kappa shape index (κ1) is 14.5. The topological polar surface area (TPSA) is 60.2 Å². The minimum absolute atomic E-state index is 0.0530. The first-order valence-electron chi connectivity index (χ1n) is 6.78. The van der Waals surface area contributed by atoms with Crippen LogP contribution in [0, 0.1) is 12.3 Å². The lowest BCUT2D eigenvalue weighted by molar-refractivity contribution is 0.227. The summed E-state index contributed by atoms with van der Waals surface area (Å²) in [7, 11) is -3.33. The minimum atomic E-state index is -3.33. The third-order valence-corrected chi connectivity index (χ3v) is 6.33. The summed E-state index contributed by atoms with van der Waals surface area (Å²) < 4.78 is 25.5. The zero-order chi connectivity index (χ0) is 14.3. The van der Waals surface area contributed by atoms with Crippen molar-refractivity contribution in [3.8, 4) is 0 Å². The monoisotopic (exact) mass is 281 g/mol. The summed E-state index contributed by atoms with van der Waals surface area (Å²) in [6.07, 6.45) is 2.42. The van der Waals surface area contributed by atoms with Crippen molar-refractivity contribution in [2.75, 3.05) is 0 Å². The van der Waals surface area contributed by atoms with Crippen LogP contribution >= 0.6 is 0 Å². The van der Waals surface area contributed by atoms with Crippen molar-refractivity contribution >= 4 is 9.84 Å². The standard InChI is InChI=1S/C15H23NO2S/c1-11-5-4-6-12(9-11)19(17,18)14-10-15(2,3)8-7-13(14)16/h4-6,9,13-14H,7-8,10,16H2,1-3H3. The minimum Gasteiger partial charge on any atom is -0.327 e. The molecule has 0 saturated heterocycles. The largest absolute Gasteiger partial charge is 0.327 e. The zero-order valence-corrected chi connectivity index (χ0v) is 12.7. The van der Waals surface area contributed by atoms with Gasteiger partial charge in [-0.3, -0.25) is 0 Å². The number of benzene rings is 1. The van der Waals surface area contributed by atoms with Crippen molar-refractivity contribution in [3.05, 3.63) is 29.8 Å². The maximum absolute atomic E-state index is 12.8. The quantitative estimate of drug-likeness (QED) is 0.906. The molecule has 106 valence electrons. The number of rotatable bonds is 2. The van der Waals surface area contributed by atoms with Gasteiger partial charge in [-0.15, -0.1) is 0 Å². The second-order valence-corrected chi connectivity index (χ2v) is 8.64. The molecule has 2 atom stereocenters. The Kier molecular flexibility index (Phi) is 3.76. The summed E-state index contributed by atoms with van der Waals surface area (Å²) in [4.78, 5) is 0.408. The molecule has 0 heterocycles. The predicted molar refractivity (Wildman–Crippen MR) is 77.8 cm³/mol. The van der Waals surface area contributed by atoms with E-state index < -0.39 is 15.1 Å². The van der Waals surface area contributed by atoms with Gasteiger partial charge in [-0.05, 0) is 49.3 Å². The Morgan fingerprint density at radius 3 is 2.63 bits per heavy atom. The average Bonchev–Trinajstić information content (AvgIpc) is 2.32. The van der Waals surface area contributed by atoms with Crippen molar-refractivity contribution < 1.29 is 8.42 Å². The Bertz CT molecular complexity index is 563. The molecule has 2 unspecified atom stereocenters. The molecule has 1 fully saturated rings. The van der Waals surface area contributed by atoms with Crippen LogP contribution in [0.25, 0.3) is 0 Å². The molecule has 1 aromatic rings. The van der Waals surface area contributed by atoms with Crippen molar-refractivity contribution in [2.24, 2.45) is 11.1 Å². The average molecular weight is 281 g/mol. The molecule has 0 spiro atoms. The lowest BCUT2D eigenvalue weighted by atomic mass is 9.75. The maximum Gasteiger partial charge on any atom is 0.182 e. The van der Waals surface area contributed by atoms with Gasteiger partial charge in [-0.2, -0.15) is 0 Å². The molecule has 1 aliphatic carbocycles. The fourth-order valence-corrected chi connectivity index (χ4v) is 5.08. The van der Waals surface area contributed by atoms with Crippen LogP contribution in [0.3, 0.4) is 0 Å². The van der Waals surface area contributed by atoms with Gasteiger partial charge in [-0.25, -0.2) is 8.42 Å². The summed E-state index contributed by atoms with van der Waals surface area (Å²) in [5, 5.41) is -0.460. The van der Waals surface area contributed by atoms with Gasteiger partial charge in [0.05, 0.1) is 10.1 Å². The van der Waals surface area contributed by atoms with Crippen LogP contribution in [0.2, 0.25) is 0 Å². The number of hydrogen-bond acceptors (Lipinski definition) is 3. The third kappa shape index (κ3) is 3.00. The molecule has 0 aromatic heterocycles. The Morgan fingerprint density at radius 2 is 2.00 bits per heavy atom. The lowest BCUT2D eigenvalue weighted by Gasteiger charge is -2.38. The van der Waals surface area contributed by atoms with Gasteiger partial charge in [-0.1, -0.05) is 26.0 Å². The number of sulfone groups is 1. The van der Waals surface area contributed by atoms with E-state index in [9.17, 15) is 8.42 Å². The van der Waals surface area contributed by atoms with Gasteiger partial charge in [0, 0.05) is 6.04 Å². The van der Waals surface area contributed by atoms with E-state index in [0.29, 0.717) is 11.3 Å². The summed E-state index contributed by atoms with van der Waals surface area (Å²) in [5.41, 5.74) is 7.10. The van der Waals surface area contributed by atoms with E-state index in [4.69, 9.17) is 5.73 Å². The Balaban J connectivity index is 2.38. The lowest BCUT2D eigenvalue weighted by Crippen LogP contribution is -2.47. The molecule has 4 heteroatoms.